The fourth-order valence-corrected chi connectivity index (χ4v) is 6.74. The lowest BCUT2D eigenvalue weighted by Crippen LogP contribution is -2.54. The van der Waals surface area contributed by atoms with Crippen LogP contribution in [0.4, 0.5) is 0 Å². The first-order valence-electron chi connectivity index (χ1n) is 10.0. The summed E-state index contributed by atoms with van der Waals surface area (Å²) >= 11 is 0. The summed E-state index contributed by atoms with van der Waals surface area (Å²) in [6, 6.07) is 0.460. The molecule has 0 aromatic heterocycles. The van der Waals surface area contributed by atoms with Crippen LogP contribution in [-0.2, 0) is 4.79 Å². The van der Waals surface area contributed by atoms with Crippen LogP contribution in [0.2, 0.25) is 0 Å². The van der Waals surface area contributed by atoms with E-state index in [2.05, 4.69) is 24.2 Å². The summed E-state index contributed by atoms with van der Waals surface area (Å²) in [6.45, 7) is 3.24. The zero-order valence-corrected chi connectivity index (χ0v) is 15.0. The van der Waals surface area contributed by atoms with Gasteiger partial charge in [-0.3, -0.25) is 9.69 Å². The van der Waals surface area contributed by atoms with E-state index in [1.165, 1.54) is 64.2 Å². The normalized spacial score (nSPS) is 40.7. The molecule has 4 bridgehead atoms. The molecule has 0 aromatic rings. The molecule has 23 heavy (non-hydrogen) atoms. The lowest BCUT2D eigenvalue weighted by atomic mass is 9.49. The van der Waals surface area contributed by atoms with Crippen LogP contribution in [-0.4, -0.2) is 36.5 Å². The fraction of sp³-hybridized carbons (Fsp3) is 0.950. The molecule has 1 N–H and O–H groups in total. The minimum atomic E-state index is 0.0172. The number of amides is 1. The zero-order chi connectivity index (χ0) is 16.0. The van der Waals surface area contributed by atoms with Crippen molar-refractivity contribution in [1.29, 1.82) is 0 Å². The first-order valence-corrected chi connectivity index (χ1v) is 10.0. The third-order valence-corrected chi connectivity index (χ3v) is 7.49. The maximum Gasteiger partial charge on any atom is 0.237 e. The molecule has 5 aliphatic rings. The van der Waals surface area contributed by atoms with E-state index in [1.807, 2.05) is 0 Å². The number of rotatable bonds is 5. The Morgan fingerprint density at radius 1 is 1.09 bits per heavy atom. The van der Waals surface area contributed by atoms with Crippen molar-refractivity contribution in [3.05, 3.63) is 0 Å². The lowest BCUT2D eigenvalue weighted by Gasteiger charge is -2.58. The lowest BCUT2D eigenvalue weighted by molar-refractivity contribution is -0.128. The molecule has 3 nitrogen and oxygen atoms in total. The predicted molar refractivity (Wildman–Crippen MR) is 93.1 cm³/mol. The molecular weight excluding hydrogens is 284 g/mol. The Bertz CT molecular complexity index is 419. The predicted octanol–water partition coefficient (Wildman–Crippen LogP) is 3.58. The van der Waals surface area contributed by atoms with Gasteiger partial charge in [0.05, 0.1) is 6.04 Å². The number of nitrogens with zero attached hydrogens (tertiary/aromatic N) is 1. The van der Waals surface area contributed by atoms with Gasteiger partial charge in [-0.15, -0.1) is 0 Å². The van der Waals surface area contributed by atoms with Crippen LogP contribution in [0, 0.1) is 23.2 Å². The first-order chi connectivity index (χ1) is 11.0. The summed E-state index contributed by atoms with van der Waals surface area (Å²) < 4.78 is 0. The maximum absolute atomic E-state index is 12.6. The fourth-order valence-electron chi connectivity index (χ4n) is 6.74. The van der Waals surface area contributed by atoms with Gasteiger partial charge in [0.1, 0.15) is 0 Å². The molecule has 0 radical (unpaired) electrons. The van der Waals surface area contributed by atoms with Crippen molar-refractivity contribution in [3.63, 3.8) is 0 Å². The van der Waals surface area contributed by atoms with E-state index in [-0.39, 0.29) is 11.9 Å². The Hall–Kier alpha value is -0.570. The van der Waals surface area contributed by atoms with Crippen molar-refractivity contribution in [2.75, 3.05) is 13.6 Å². The highest BCUT2D eigenvalue weighted by atomic mass is 16.2. The minimum Gasteiger partial charge on any atom is -0.352 e. The van der Waals surface area contributed by atoms with Crippen LogP contribution >= 0.6 is 0 Å². The van der Waals surface area contributed by atoms with Crippen LogP contribution in [0.5, 0.6) is 0 Å². The molecule has 5 fully saturated rings. The Balaban J connectivity index is 1.35. The van der Waals surface area contributed by atoms with Crippen LogP contribution in [0.3, 0.4) is 0 Å². The third-order valence-electron chi connectivity index (χ3n) is 7.49. The summed E-state index contributed by atoms with van der Waals surface area (Å²) in [5, 5.41) is 3.29. The van der Waals surface area contributed by atoms with Gasteiger partial charge in [-0.2, -0.15) is 0 Å². The van der Waals surface area contributed by atoms with Crippen LogP contribution in [0.15, 0.2) is 0 Å². The maximum atomic E-state index is 12.6. The number of carbonyl (C=O) groups excluding carboxylic acids is 1. The average molecular weight is 319 g/mol. The number of nitrogens with one attached hydrogen (secondary N) is 1. The van der Waals surface area contributed by atoms with E-state index in [1.54, 1.807) is 0 Å². The van der Waals surface area contributed by atoms with Crippen molar-refractivity contribution in [1.82, 2.24) is 10.2 Å². The van der Waals surface area contributed by atoms with Crippen LogP contribution in [0.25, 0.3) is 0 Å². The average Bonchev–Trinajstić information content (AvgIpc) is 2.97. The van der Waals surface area contributed by atoms with Crippen molar-refractivity contribution in [2.24, 2.45) is 23.2 Å². The summed E-state index contributed by atoms with van der Waals surface area (Å²) in [6.07, 6.45) is 13.7. The summed E-state index contributed by atoms with van der Waals surface area (Å²) in [5.41, 5.74) is 0.533. The number of likely N-dealkylation sites (N-methyl/N-ethyl adjacent to an activating group) is 1. The minimum absolute atomic E-state index is 0.0172. The van der Waals surface area contributed by atoms with Gasteiger partial charge in [0, 0.05) is 12.6 Å². The molecule has 5 aliphatic carbocycles. The Labute approximate surface area is 141 Å². The van der Waals surface area contributed by atoms with Gasteiger partial charge in [0.2, 0.25) is 5.91 Å². The summed E-state index contributed by atoms with van der Waals surface area (Å²) in [5.74, 6) is 3.25. The number of hydrogen-bond acceptors (Lipinski definition) is 2. The molecule has 1 atom stereocenters. The Kier molecular flexibility index (Phi) is 4.19. The molecule has 0 aromatic carbocycles. The van der Waals surface area contributed by atoms with Gasteiger partial charge >= 0.3 is 0 Å². The van der Waals surface area contributed by atoms with Crippen molar-refractivity contribution >= 4 is 5.91 Å². The van der Waals surface area contributed by atoms with Gasteiger partial charge < -0.3 is 5.32 Å². The van der Waals surface area contributed by atoms with E-state index in [9.17, 15) is 4.79 Å². The van der Waals surface area contributed by atoms with Crippen molar-refractivity contribution < 1.29 is 4.79 Å². The molecule has 0 spiro atoms. The van der Waals surface area contributed by atoms with Crippen LogP contribution in [0.1, 0.15) is 71.1 Å². The van der Waals surface area contributed by atoms with Gasteiger partial charge in [0.15, 0.2) is 0 Å². The molecule has 0 unspecified atom stereocenters. The van der Waals surface area contributed by atoms with E-state index >= 15 is 0 Å². The molecule has 0 saturated heterocycles. The van der Waals surface area contributed by atoms with Gasteiger partial charge in [-0.25, -0.2) is 0 Å². The van der Waals surface area contributed by atoms with E-state index in [4.69, 9.17) is 0 Å². The van der Waals surface area contributed by atoms with E-state index in [0.717, 1.165) is 24.3 Å². The molecule has 130 valence electrons. The molecule has 5 saturated carbocycles. The largest absolute Gasteiger partial charge is 0.352 e. The topological polar surface area (TPSA) is 32.3 Å². The number of carbonyl (C=O) groups is 1. The summed E-state index contributed by atoms with van der Waals surface area (Å²) in [4.78, 5) is 14.9. The molecule has 3 heteroatoms. The Morgan fingerprint density at radius 3 is 2.13 bits per heavy atom. The smallest absolute Gasteiger partial charge is 0.237 e. The SMILES string of the molecule is C[C@@H](C(=O)NC1CCCC1)N(C)CC12CC3CC(CC(C3)C1)C2. The van der Waals surface area contributed by atoms with Gasteiger partial charge in [0.25, 0.3) is 0 Å². The quantitative estimate of drug-likeness (QED) is 0.840. The van der Waals surface area contributed by atoms with E-state index < -0.39 is 0 Å². The number of hydrogen-bond donors (Lipinski definition) is 1. The monoisotopic (exact) mass is 318 g/mol. The molecule has 1 amide bonds. The van der Waals surface area contributed by atoms with Gasteiger partial charge in [-0.1, -0.05) is 12.8 Å². The van der Waals surface area contributed by atoms with E-state index in [0.29, 0.717) is 11.5 Å². The molecule has 0 heterocycles. The second kappa shape index (κ2) is 6.06. The van der Waals surface area contributed by atoms with Gasteiger partial charge in [-0.05, 0) is 88.5 Å². The highest BCUT2D eigenvalue weighted by Crippen LogP contribution is 2.60. The highest BCUT2D eigenvalue weighted by Gasteiger charge is 2.51. The second-order valence-electron chi connectivity index (χ2n) is 9.50. The molecule has 5 rings (SSSR count). The zero-order valence-electron chi connectivity index (χ0n) is 15.0. The molecule has 0 aliphatic heterocycles. The first kappa shape index (κ1) is 15.9. The molecular formula is C20H34N2O. The van der Waals surface area contributed by atoms with Crippen molar-refractivity contribution in [3.8, 4) is 0 Å². The summed E-state index contributed by atoms with van der Waals surface area (Å²) in [7, 11) is 2.18. The standard InChI is InChI=1S/C20H34N2O/c1-14(19(23)21-18-5-3-4-6-18)22(2)13-20-10-15-7-16(11-20)9-17(8-15)12-20/h14-18H,3-13H2,1-2H3,(H,21,23)/t14-,15?,16?,17?,20?/m0/s1. The highest BCUT2D eigenvalue weighted by molar-refractivity contribution is 5.81. The van der Waals surface area contributed by atoms with Crippen LogP contribution < -0.4 is 5.32 Å². The second-order valence-corrected chi connectivity index (χ2v) is 9.50. The van der Waals surface area contributed by atoms with Crippen molar-refractivity contribution in [2.45, 2.75) is 83.2 Å². The Morgan fingerprint density at radius 2 is 1.61 bits per heavy atom. The third kappa shape index (κ3) is 3.18.